The van der Waals surface area contributed by atoms with Crippen molar-refractivity contribution in [3.05, 3.63) is 52.5 Å². The van der Waals surface area contributed by atoms with Crippen LogP contribution < -0.4 is 14.8 Å². The van der Waals surface area contributed by atoms with Gasteiger partial charge in [-0.15, -0.1) is 0 Å². The number of hydrogen-bond acceptors (Lipinski definition) is 5. The Bertz CT molecular complexity index is 927. The van der Waals surface area contributed by atoms with Crippen LogP contribution in [-0.2, 0) is 9.84 Å². The molecule has 6 nitrogen and oxygen atoms in total. The van der Waals surface area contributed by atoms with E-state index in [1.807, 2.05) is 0 Å². The van der Waals surface area contributed by atoms with E-state index in [4.69, 9.17) is 21.1 Å². The molecule has 0 aromatic heterocycles. The molecule has 0 spiro atoms. The van der Waals surface area contributed by atoms with Gasteiger partial charge in [0, 0.05) is 11.8 Å². The third-order valence-electron chi connectivity index (χ3n) is 3.86. The first-order valence-electron chi connectivity index (χ1n) is 7.69. The molecule has 2 aromatic carbocycles. The van der Waals surface area contributed by atoms with Gasteiger partial charge in [0.25, 0.3) is 5.91 Å². The average Bonchev–Trinajstić information content (AvgIpc) is 2.60. The fourth-order valence-corrected chi connectivity index (χ4v) is 3.29. The molecule has 0 saturated carbocycles. The molecule has 0 radical (unpaired) electrons. The Morgan fingerprint density at radius 3 is 2.38 bits per heavy atom. The van der Waals surface area contributed by atoms with E-state index >= 15 is 0 Å². The highest BCUT2D eigenvalue weighted by atomic mass is 35.5. The lowest BCUT2D eigenvalue weighted by atomic mass is 10.1. The number of carbonyl (C=O) groups excluding carboxylic acids is 1. The van der Waals surface area contributed by atoms with Gasteiger partial charge in [-0.1, -0.05) is 11.6 Å². The van der Waals surface area contributed by atoms with Crippen LogP contribution in [-0.4, -0.2) is 34.8 Å². The van der Waals surface area contributed by atoms with Crippen LogP contribution in [0.4, 0.5) is 0 Å². The minimum Gasteiger partial charge on any atom is -0.497 e. The molecule has 0 aliphatic carbocycles. The number of ether oxygens (including phenoxy) is 2. The van der Waals surface area contributed by atoms with Gasteiger partial charge in [-0.05, 0) is 43.3 Å². The van der Waals surface area contributed by atoms with E-state index in [1.54, 1.807) is 32.2 Å². The Labute approximate surface area is 158 Å². The number of sulfone groups is 1. The van der Waals surface area contributed by atoms with Crippen LogP contribution in [0.2, 0.25) is 5.02 Å². The number of nitrogens with one attached hydrogen (secondary N) is 1. The van der Waals surface area contributed by atoms with E-state index in [9.17, 15) is 13.2 Å². The lowest BCUT2D eigenvalue weighted by molar-refractivity contribution is 0.0939. The van der Waals surface area contributed by atoms with Gasteiger partial charge in [-0.25, -0.2) is 8.42 Å². The first kappa shape index (κ1) is 20.1. The third-order valence-corrected chi connectivity index (χ3v) is 5.30. The molecule has 8 heteroatoms. The van der Waals surface area contributed by atoms with Crippen LogP contribution in [0, 0.1) is 0 Å². The first-order chi connectivity index (χ1) is 12.2. The van der Waals surface area contributed by atoms with E-state index in [0.29, 0.717) is 11.5 Å². The number of hydrogen-bond donors (Lipinski definition) is 1. The van der Waals surface area contributed by atoms with Gasteiger partial charge >= 0.3 is 0 Å². The summed E-state index contributed by atoms with van der Waals surface area (Å²) in [5, 5.41) is 2.97. The molecule has 0 aliphatic heterocycles. The molecular formula is C18H20ClNO5S. The highest BCUT2D eigenvalue weighted by molar-refractivity contribution is 7.90. The van der Waals surface area contributed by atoms with Crippen molar-refractivity contribution in [2.45, 2.75) is 17.9 Å². The van der Waals surface area contributed by atoms with Gasteiger partial charge in [0.05, 0.1) is 35.7 Å². The summed E-state index contributed by atoms with van der Waals surface area (Å²) in [6, 6.07) is 8.86. The summed E-state index contributed by atoms with van der Waals surface area (Å²) in [7, 11) is -0.370. The van der Waals surface area contributed by atoms with E-state index < -0.39 is 21.8 Å². The molecule has 0 heterocycles. The van der Waals surface area contributed by atoms with Crippen molar-refractivity contribution in [1.82, 2.24) is 5.32 Å². The van der Waals surface area contributed by atoms with Crippen LogP contribution in [0.15, 0.2) is 41.3 Å². The summed E-state index contributed by atoms with van der Waals surface area (Å²) in [5.41, 5.74) is 0.805. The lowest BCUT2D eigenvalue weighted by Crippen LogP contribution is -2.27. The second-order valence-corrected chi connectivity index (χ2v) is 8.14. The summed E-state index contributed by atoms with van der Waals surface area (Å²) in [4.78, 5) is 12.6. The predicted molar refractivity (Wildman–Crippen MR) is 100.0 cm³/mol. The topological polar surface area (TPSA) is 81.7 Å². The maximum absolute atomic E-state index is 12.6. The van der Waals surface area contributed by atoms with E-state index in [0.717, 1.165) is 11.8 Å². The minimum atomic E-state index is -3.45. The summed E-state index contributed by atoms with van der Waals surface area (Å²) in [5.74, 6) is 0.728. The van der Waals surface area contributed by atoms with Crippen LogP contribution in [0.1, 0.15) is 28.9 Å². The maximum atomic E-state index is 12.6. The fraction of sp³-hybridized carbons (Fsp3) is 0.278. The Morgan fingerprint density at radius 1 is 1.12 bits per heavy atom. The van der Waals surface area contributed by atoms with Gasteiger partial charge in [0.1, 0.15) is 11.5 Å². The molecule has 2 rings (SSSR count). The van der Waals surface area contributed by atoms with Gasteiger partial charge in [-0.2, -0.15) is 0 Å². The standard InChI is InChI=1S/C18H20ClNO5S/c1-11(14-9-12(24-2)5-8-17(14)25-3)20-18(21)15-10-13(26(4,22)23)6-7-16(15)19/h5-11H,1-4H3,(H,20,21). The van der Waals surface area contributed by atoms with Crippen molar-refractivity contribution in [3.8, 4) is 11.5 Å². The molecule has 1 atom stereocenters. The summed E-state index contributed by atoms with van der Waals surface area (Å²) in [6.07, 6.45) is 1.07. The summed E-state index contributed by atoms with van der Waals surface area (Å²) < 4.78 is 34.0. The van der Waals surface area contributed by atoms with Crippen molar-refractivity contribution < 1.29 is 22.7 Å². The van der Waals surface area contributed by atoms with Crippen molar-refractivity contribution in [3.63, 3.8) is 0 Å². The molecule has 0 fully saturated rings. The normalized spacial score (nSPS) is 12.3. The van der Waals surface area contributed by atoms with Crippen LogP contribution >= 0.6 is 11.6 Å². The largest absolute Gasteiger partial charge is 0.497 e. The SMILES string of the molecule is COc1ccc(OC)c(C(C)NC(=O)c2cc(S(C)(=O)=O)ccc2Cl)c1. The van der Waals surface area contributed by atoms with E-state index in [2.05, 4.69) is 5.32 Å². The fourth-order valence-electron chi connectivity index (χ4n) is 2.44. The average molecular weight is 398 g/mol. The molecule has 1 amide bonds. The van der Waals surface area contributed by atoms with E-state index in [1.165, 1.54) is 25.3 Å². The highest BCUT2D eigenvalue weighted by Gasteiger charge is 2.19. The molecule has 26 heavy (non-hydrogen) atoms. The molecule has 2 aromatic rings. The zero-order valence-corrected chi connectivity index (χ0v) is 16.4. The van der Waals surface area contributed by atoms with Crippen molar-refractivity contribution in [2.75, 3.05) is 20.5 Å². The molecule has 1 unspecified atom stereocenters. The molecule has 1 N–H and O–H groups in total. The Morgan fingerprint density at radius 2 is 1.81 bits per heavy atom. The molecular weight excluding hydrogens is 378 g/mol. The number of benzene rings is 2. The van der Waals surface area contributed by atoms with Gasteiger partial charge < -0.3 is 14.8 Å². The molecule has 0 saturated heterocycles. The zero-order chi connectivity index (χ0) is 19.5. The van der Waals surface area contributed by atoms with Crippen LogP contribution in [0.25, 0.3) is 0 Å². The number of rotatable bonds is 6. The predicted octanol–water partition coefficient (Wildman–Crippen LogP) is 3.25. The van der Waals surface area contributed by atoms with Crippen LogP contribution in [0.3, 0.4) is 0 Å². The van der Waals surface area contributed by atoms with Crippen molar-refractivity contribution >= 4 is 27.3 Å². The quantitative estimate of drug-likeness (QED) is 0.809. The third kappa shape index (κ3) is 4.47. The highest BCUT2D eigenvalue weighted by Crippen LogP contribution is 2.30. The Hall–Kier alpha value is -2.25. The van der Waals surface area contributed by atoms with Crippen molar-refractivity contribution in [1.29, 1.82) is 0 Å². The van der Waals surface area contributed by atoms with Gasteiger partial charge in [0.15, 0.2) is 9.84 Å². The number of amides is 1. The number of halogens is 1. The smallest absolute Gasteiger partial charge is 0.253 e. The lowest BCUT2D eigenvalue weighted by Gasteiger charge is -2.19. The van der Waals surface area contributed by atoms with Crippen molar-refractivity contribution in [2.24, 2.45) is 0 Å². The Kier molecular flexibility index (Phi) is 6.15. The monoisotopic (exact) mass is 397 g/mol. The van der Waals surface area contributed by atoms with Crippen LogP contribution in [0.5, 0.6) is 11.5 Å². The maximum Gasteiger partial charge on any atom is 0.253 e. The molecule has 140 valence electrons. The Balaban J connectivity index is 2.33. The minimum absolute atomic E-state index is 0.0265. The summed E-state index contributed by atoms with van der Waals surface area (Å²) >= 11 is 6.08. The molecule has 0 aliphatic rings. The second-order valence-electron chi connectivity index (χ2n) is 5.72. The van der Waals surface area contributed by atoms with Gasteiger partial charge in [-0.3, -0.25) is 4.79 Å². The first-order valence-corrected chi connectivity index (χ1v) is 9.96. The van der Waals surface area contributed by atoms with Gasteiger partial charge in [0.2, 0.25) is 0 Å². The van der Waals surface area contributed by atoms with E-state index in [-0.39, 0.29) is 15.5 Å². The molecule has 0 bridgehead atoms. The summed E-state index contributed by atoms with van der Waals surface area (Å²) in [6.45, 7) is 1.78. The zero-order valence-electron chi connectivity index (χ0n) is 14.9. The number of carbonyl (C=O) groups is 1. The number of methoxy groups -OCH3 is 2. The second kappa shape index (κ2) is 7.97.